The number of thioether (sulfide) groups is 1. The minimum atomic E-state index is 0.391. The van der Waals surface area contributed by atoms with E-state index >= 15 is 0 Å². The van der Waals surface area contributed by atoms with Crippen molar-refractivity contribution in [2.45, 2.75) is 44.9 Å². The lowest BCUT2D eigenvalue weighted by atomic mass is 10.3. The van der Waals surface area contributed by atoms with Gasteiger partial charge >= 0.3 is 0 Å². The number of unbranched alkanes of at least 4 members (excludes halogenated alkanes) is 1. The summed E-state index contributed by atoms with van der Waals surface area (Å²) in [6.45, 7) is 8.70. The molecule has 1 aromatic carbocycles. The minimum absolute atomic E-state index is 0.391. The van der Waals surface area contributed by atoms with Gasteiger partial charge in [-0.15, -0.1) is 0 Å². The van der Waals surface area contributed by atoms with Gasteiger partial charge in [0.1, 0.15) is 5.82 Å². The first kappa shape index (κ1) is 15.4. The molecular formula is C16H25N3S. The van der Waals surface area contributed by atoms with Gasteiger partial charge in [0.05, 0.1) is 17.6 Å². The maximum atomic E-state index is 4.56. The van der Waals surface area contributed by atoms with Crippen LogP contribution in [0.5, 0.6) is 0 Å². The molecule has 0 saturated carbocycles. The summed E-state index contributed by atoms with van der Waals surface area (Å²) in [6.07, 6.45) is 2.50. The first-order chi connectivity index (χ1) is 9.54. The van der Waals surface area contributed by atoms with Gasteiger partial charge in [0, 0.05) is 4.75 Å². The summed E-state index contributed by atoms with van der Waals surface area (Å²) in [6, 6.07) is 8.16. The van der Waals surface area contributed by atoms with E-state index in [0.29, 0.717) is 4.75 Å². The molecule has 0 fully saturated rings. The number of benzene rings is 1. The highest BCUT2D eigenvalue weighted by Crippen LogP contribution is 2.23. The molecule has 20 heavy (non-hydrogen) atoms. The van der Waals surface area contributed by atoms with Gasteiger partial charge < -0.3 is 10.3 Å². The highest BCUT2D eigenvalue weighted by molar-refractivity contribution is 8.00. The molecule has 1 heterocycles. The zero-order chi connectivity index (χ0) is 14.4. The van der Waals surface area contributed by atoms with Crippen LogP contribution in [0.25, 0.3) is 11.0 Å². The van der Waals surface area contributed by atoms with Gasteiger partial charge in [0.2, 0.25) is 0 Å². The Hall–Kier alpha value is -1.00. The molecule has 0 atom stereocenters. The zero-order valence-corrected chi connectivity index (χ0v) is 13.5. The maximum Gasteiger partial charge on any atom is 0.121 e. The third-order valence-corrected chi connectivity index (χ3v) is 4.37. The third kappa shape index (κ3) is 5.17. The number of nitrogens with zero attached hydrogens (tertiary/aromatic N) is 1. The van der Waals surface area contributed by atoms with Gasteiger partial charge in [-0.25, -0.2) is 4.98 Å². The minimum Gasteiger partial charge on any atom is -0.341 e. The number of nitrogens with one attached hydrogen (secondary N) is 2. The van der Waals surface area contributed by atoms with Crippen molar-refractivity contribution in [3.05, 3.63) is 30.1 Å². The van der Waals surface area contributed by atoms with Gasteiger partial charge in [-0.2, -0.15) is 11.8 Å². The summed E-state index contributed by atoms with van der Waals surface area (Å²) < 4.78 is 0.391. The summed E-state index contributed by atoms with van der Waals surface area (Å²) in [4.78, 5) is 7.90. The first-order valence-corrected chi connectivity index (χ1v) is 8.31. The fourth-order valence-corrected chi connectivity index (χ4v) is 2.99. The Morgan fingerprint density at radius 1 is 1.20 bits per heavy atom. The second kappa shape index (κ2) is 7.14. The molecule has 0 radical (unpaired) electrons. The van der Waals surface area contributed by atoms with Crippen LogP contribution in [-0.4, -0.2) is 27.0 Å². The summed E-state index contributed by atoms with van der Waals surface area (Å²) in [5, 5.41) is 3.46. The van der Waals surface area contributed by atoms with Crippen molar-refractivity contribution in [3.63, 3.8) is 0 Å². The van der Waals surface area contributed by atoms with Gasteiger partial charge in [0.15, 0.2) is 0 Å². The molecule has 0 bridgehead atoms. The van der Waals surface area contributed by atoms with Crippen LogP contribution in [0.2, 0.25) is 0 Å². The fraction of sp³-hybridized carbons (Fsp3) is 0.562. The number of hydrogen-bond acceptors (Lipinski definition) is 3. The van der Waals surface area contributed by atoms with Crippen LogP contribution in [0.1, 0.15) is 39.4 Å². The SMILES string of the molecule is CC(C)(C)SCCCCNCc1nc2ccccc2[nH]1. The van der Waals surface area contributed by atoms with Crippen molar-refractivity contribution in [2.24, 2.45) is 0 Å². The predicted octanol–water partition coefficient (Wildman–Crippen LogP) is 3.96. The lowest BCUT2D eigenvalue weighted by molar-refractivity contribution is 0.628. The third-order valence-electron chi connectivity index (χ3n) is 3.01. The zero-order valence-electron chi connectivity index (χ0n) is 12.7. The normalized spacial score (nSPS) is 12.2. The van der Waals surface area contributed by atoms with Crippen LogP contribution in [-0.2, 0) is 6.54 Å². The van der Waals surface area contributed by atoms with Crippen LogP contribution >= 0.6 is 11.8 Å². The number of aromatic nitrogens is 2. The Morgan fingerprint density at radius 2 is 2.00 bits per heavy atom. The van der Waals surface area contributed by atoms with E-state index in [0.717, 1.165) is 29.9 Å². The van der Waals surface area contributed by atoms with Crippen LogP contribution in [0.15, 0.2) is 24.3 Å². The van der Waals surface area contributed by atoms with Crippen molar-refractivity contribution < 1.29 is 0 Å². The van der Waals surface area contributed by atoms with E-state index in [9.17, 15) is 0 Å². The van der Waals surface area contributed by atoms with Crippen LogP contribution in [0, 0.1) is 0 Å². The quantitative estimate of drug-likeness (QED) is 0.759. The molecule has 110 valence electrons. The molecule has 2 rings (SSSR count). The van der Waals surface area contributed by atoms with E-state index in [1.807, 2.05) is 30.0 Å². The van der Waals surface area contributed by atoms with E-state index in [-0.39, 0.29) is 0 Å². The van der Waals surface area contributed by atoms with Crippen molar-refractivity contribution in [1.82, 2.24) is 15.3 Å². The number of para-hydroxylation sites is 2. The summed E-state index contributed by atoms with van der Waals surface area (Å²) >= 11 is 2.04. The standard InChI is InChI=1S/C16H25N3S/c1-16(2,3)20-11-7-6-10-17-12-15-18-13-8-4-5-9-14(13)19-15/h4-5,8-9,17H,6-7,10-12H2,1-3H3,(H,18,19). The molecule has 4 heteroatoms. The number of aromatic amines is 1. The lowest BCUT2D eigenvalue weighted by Crippen LogP contribution is -2.16. The topological polar surface area (TPSA) is 40.7 Å². The second-order valence-corrected chi connectivity index (χ2v) is 7.97. The van der Waals surface area contributed by atoms with Crippen LogP contribution in [0.4, 0.5) is 0 Å². The van der Waals surface area contributed by atoms with Crippen molar-refractivity contribution >= 4 is 22.8 Å². The summed E-state index contributed by atoms with van der Waals surface area (Å²) in [5.41, 5.74) is 2.16. The molecule has 1 aromatic heterocycles. The first-order valence-electron chi connectivity index (χ1n) is 7.33. The molecule has 0 amide bonds. The van der Waals surface area contributed by atoms with Gasteiger partial charge in [-0.1, -0.05) is 32.9 Å². The number of H-pyrrole nitrogens is 1. The van der Waals surface area contributed by atoms with Crippen LogP contribution in [0.3, 0.4) is 0 Å². The largest absolute Gasteiger partial charge is 0.341 e. The van der Waals surface area contributed by atoms with Crippen molar-refractivity contribution in [1.29, 1.82) is 0 Å². The molecule has 2 aromatic rings. The highest BCUT2D eigenvalue weighted by Gasteiger charge is 2.09. The molecular weight excluding hydrogens is 266 g/mol. The molecule has 0 spiro atoms. The van der Waals surface area contributed by atoms with Crippen molar-refractivity contribution in [3.8, 4) is 0 Å². The number of hydrogen-bond donors (Lipinski definition) is 2. The molecule has 0 unspecified atom stereocenters. The lowest BCUT2D eigenvalue weighted by Gasteiger charge is -2.17. The Kier molecular flexibility index (Phi) is 5.49. The fourth-order valence-electron chi connectivity index (χ4n) is 2.03. The average Bonchev–Trinajstić information content (AvgIpc) is 2.79. The highest BCUT2D eigenvalue weighted by atomic mass is 32.2. The summed E-state index contributed by atoms with van der Waals surface area (Å²) in [5.74, 6) is 2.27. The van der Waals surface area contributed by atoms with Crippen molar-refractivity contribution in [2.75, 3.05) is 12.3 Å². The van der Waals surface area contributed by atoms with Gasteiger partial charge in [-0.05, 0) is 37.3 Å². The van der Waals surface area contributed by atoms with E-state index in [1.54, 1.807) is 0 Å². The van der Waals surface area contributed by atoms with E-state index < -0.39 is 0 Å². The average molecular weight is 291 g/mol. The molecule has 3 nitrogen and oxygen atoms in total. The Balaban J connectivity index is 1.61. The smallest absolute Gasteiger partial charge is 0.121 e. The van der Waals surface area contributed by atoms with E-state index in [1.165, 1.54) is 18.6 Å². The van der Waals surface area contributed by atoms with Gasteiger partial charge in [0.25, 0.3) is 0 Å². The van der Waals surface area contributed by atoms with Gasteiger partial charge in [-0.3, -0.25) is 0 Å². The van der Waals surface area contributed by atoms with E-state index in [2.05, 4.69) is 42.1 Å². The molecule has 0 aliphatic heterocycles. The predicted molar refractivity (Wildman–Crippen MR) is 89.2 cm³/mol. The second-order valence-electron chi connectivity index (χ2n) is 6.05. The Labute approximate surface area is 125 Å². The Bertz CT molecular complexity index is 495. The maximum absolute atomic E-state index is 4.56. The number of fused-ring (bicyclic) bond motifs is 1. The number of imidazole rings is 1. The number of rotatable bonds is 7. The molecule has 0 aliphatic carbocycles. The molecule has 0 aliphatic rings. The monoisotopic (exact) mass is 291 g/mol. The molecule has 2 N–H and O–H groups in total. The Morgan fingerprint density at radius 3 is 2.75 bits per heavy atom. The van der Waals surface area contributed by atoms with Crippen LogP contribution < -0.4 is 5.32 Å². The molecule has 0 saturated heterocycles. The summed E-state index contributed by atoms with van der Waals surface area (Å²) in [7, 11) is 0. The van der Waals surface area contributed by atoms with E-state index in [4.69, 9.17) is 0 Å².